The molecule has 2 rings (SSSR count). The summed E-state index contributed by atoms with van der Waals surface area (Å²) in [5.41, 5.74) is 0. The van der Waals surface area contributed by atoms with Crippen LogP contribution < -0.4 is 11.2 Å². The predicted octanol–water partition coefficient (Wildman–Crippen LogP) is -1.89. The number of piperazine rings is 1. The fraction of sp³-hybridized carbons (Fsp3) is 0.750. The summed E-state index contributed by atoms with van der Waals surface area (Å²) < 4.78 is 4.84. The van der Waals surface area contributed by atoms with E-state index in [1.54, 1.807) is 4.90 Å². The number of nitrogens with zero attached hydrogens (tertiary/aromatic N) is 2. The molecule has 2 aliphatic rings. The fourth-order valence-electron chi connectivity index (χ4n) is 1.70. The van der Waals surface area contributed by atoms with Crippen LogP contribution in [0.25, 0.3) is 0 Å². The van der Waals surface area contributed by atoms with E-state index in [9.17, 15) is 9.59 Å². The lowest BCUT2D eigenvalue weighted by Crippen LogP contribution is -2.50. The molecule has 7 heteroatoms. The van der Waals surface area contributed by atoms with E-state index in [-0.39, 0.29) is 12.5 Å². The molecule has 0 aromatic carbocycles. The summed E-state index contributed by atoms with van der Waals surface area (Å²) in [4.78, 5) is 24.5. The van der Waals surface area contributed by atoms with Crippen molar-refractivity contribution in [2.24, 2.45) is 5.84 Å². The van der Waals surface area contributed by atoms with Crippen molar-refractivity contribution in [3.8, 4) is 0 Å². The van der Waals surface area contributed by atoms with Crippen molar-refractivity contribution in [2.75, 3.05) is 32.7 Å². The third-order valence-corrected chi connectivity index (χ3v) is 2.54. The molecular weight excluding hydrogens is 200 g/mol. The second-order valence-corrected chi connectivity index (χ2v) is 3.60. The third-order valence-electron chi connectivity index (χ3n) is 2.54. The van der Waals surface area contributed by atoms with E-state index in [4.69, 9.17) is 10.6 Å². The smallest absolute Gasteiger partial charge is 0.425 e. The lowest BCUT2D eigenvalue weighted by atomic mass is 10.2. The number of carbonyl (C=O) groups excluding carboxylic acids is 2. The highest BCUT2D eigenvalue weighted by atomic mass is 16.6. The summed E-state index contributed by atoms with van der Waals surface area (Å²) in [5, 5.41) is 4.06. The van der Waals surface area contributed by atoms with Gasteiger partial charge in [0, 0.05) is 26.2 Å². The monoisotopic (exact) mass is 214 g/mol. The van der Waals surface area contributed by atoms with Crippen molar-refractivity contribution < 1.29 is 14.3 Å². The number of ether oxygens (including phenoxy) is 1. The fourth-order valence-corrected chi connectivity index (χ4v) is 1.70. The Morgan fingerprint density at radius 3 is 2.67 bits per heavy atom. The SMILES string of the molecule is NN1C[C@H](C(=O)N2CCNCC2)OC1=O. The molecular formula is C8H14N4O3. The van der Waals surface area contributed by atoms with E-state index in [1.807, 2.05) is 0 Å². The zero-order valence-electron chi connectivity index (χ0n) is 8.31. The Hall–Kier alpha value is -1.34. The van der Waals surface area contributed by atoms with Gasteiger partial charge in [-0.1, -0.05) is 0 Å². The molecule has 0 unspecified atom stereocenters. The highest BCUT2D eigenvalue weighted by Gasteiger charge is 2.37. The predicted molar refractivity (Wildman–Crippen MR) is 50.6 cm³/mol. The van der Waals surface area contributed by atoms with Crippen LogP contribution in [0.5, 0.6) is 0 Å². The first-order valence-electron chi connectivity index (χ1n) is 4.91. The van der Waals surface area contributed by atoms with Crippen LogP contribution >= 0.6 is 0 Å². The van der Waals surface area contributed by atoms with Crippen LogP contribution in [-0.4, -0.2) is 60.7 Å². The van der Waals surface area contributed by atoms with Gasteiger partial charge >= 0.3 is 6.09 Å². The van der Waals surface area contributed by atoms with Crippen molar-refractivity contribution in [3.05, 3.63) is 0 Å². The Morgan fingerprint density at radius 2 is 2.13 bits per heavy atom. The van der Waals surface area contributed by atoms with Gasteiger partial charge in [0.05, 0.1) is 6.54 Å². The van der Waals surface area contributed by atoms with Gasteiger partial charge in [0.2, 0.25) is 6.10 Å². The van der Waals surface area contributed by atoms with E-state index in [0.717, 1.165) is 18.1 Å². The van der Waals surface area contributed by atoms with Crippen LogP contribution in [0.3, 0.4) is 0 Å². The Kier molecular flexibility index (Phi) is 2.74. The van der Waals surface area contributed by atoms with Gasteiger partial charge in [-0.25, -0.2) is 15.6 Å². The lowest BCUT2D eigenvalue weighted by molar-refractivity contribution is -0.139. The summed E-state index contributed by atoms with van der Waals surface area (Å²) >= 11 is 0. The summed E-state index contributed by atoms with van der Waals surface area (Å²) in [6, 6.07) is 0. The van der Waals surface area contributed by atoms with E-state index in [2.05, 4.69) is 5.32 Å². The molecule has 2 amide bonds. The van der Waals surface area contributed by atoms with Gasteiger partial charge in [-0.05, 0) is 0 Å². The van der Waals surface area contributed by atoms with Crippen molar-refractivity contribution in [1.82, 2.24) is 15.2 Å². The Balaban J connectivity index is 1.93. The number of rotatable bonds is 1. The molecule has 0 bridgehead atoms. The summed E-state index contributed by atoms with van der Waals surface area (Å²) in [7, 11) is 0. The molecule has 0 aromatic rings. The minimum atomic E-state index is -0.736. The molecule has 2 aliphatic heterocycles. The zero-order chi connectivity index (χ0) is 10.8. The van der Waals surface area contributed by atoms with Crippen LogP contribution in [0.15, 0.2) is 0 Å². The number of hydrogen-bond donors (Lipinski definition) is 2. The number of hydrogen-bond acceptors (Lipinski definition) is 5. The lowest BCUT2D eigenvalue weighted by Gasteiger charge is -2.28. The summed E-state index contributed by atoms with van der Waals surface area (Å²) in [5.74, 6) is 5.16. The average Bonchev–Trinajstić information content (AvgIpc) is 2.59. The van der Waals surface area contributed by atoms with E-state index in [0.29, 0.717) is 13.1 Å². The Bertz CT molecular complexity index is 277. The number of nitrogens with one attached hydrogen (secondary N) is 1. The van der Waals surface area contributed by atoms with Crippen LogP contribution in [0.2, 0.25) is 0 Å². The standard InChI is InChI=1S/C8H14N4O3/c9-12-5-6(15-8(12)14)7(13)11-3-1-10-2-4-11/h6,10H,1-5,9H2/t6-/m1/s1. The quantitative estimate of drug-likeness (QED) is 0.394. The molecule has 3 N–H and O–H groups in total. The van der Waals surface area contributed by atoms with Gasteiger partial charge < -0.3 is 15.0 Å². The van der Waals surface area contributed by atoms with Crippen molar-refractivity contribution in [1.29, 1.82) is 0 Å². The highest BCUT2D eigenvalue weighted by Crippen LogP contribution is 2.10. The maximum Gasteiger partial charge on any atom is 0.425 e. The third kappa shape index (κ3) is 2.02. The van der Waals surface area contributed by atoms with Crippen LogP contribution in [-0.2, 0) is 9.53 Å². The van der Waals surface area contributed by atoms with Gasteiger partial charge in [0.25, 0.3) is 5.91 Å². The molecule has 0 saturated carbocycles. The Labute approximate surface area is 87.1 Å². The molecule has 1 atom stereocenters. The summed E-state index contributed by atoms with van der Waals surface area (Å²) in [6.07, 6.45) is -1.37. The zero-order valence-corrected chi connectivity index (χ0v) is 8.31. The van der Waals surface area contributed by atoms with Crippen LogP contribution in [0.4, 0.5) is 4.79 Å². The number of hydrazine groups is 1. The van der Waals surface area contributed by atoms with Gasteiger partial charge in [-0.3, -0.25) is 4.79 Å². The first-order valence-corrected chi connectivity index (χ1v) is 4.91. The molecule has 2 heterocycles. The molecule has 84 valence electrons. The average molecular weight is 214 g/mol. The first-order chi connectivity index (χ1) is 7.18. The van der Waals surface area contributed by atoms with E-state index in [1.165, 1.54) is 0 Å². The molecule has 7 nitrogen and oxygen atoms in total. The maximum absolute atomic E-state index is 11.8. The minimum absolute atomic E-state index is 0.140. The highest BCUT2D eigenvalue weighted by molar-refractivity contribution is 5.86. The Morgan fingerprint density at radius 1 is 1.47 bits per heavy atom. The van der Waals surface area contributed by atoms with Crippen molar-refractivity contribution in [2.45, 2.75) is 6.10 Å². The molecule has 0 aliphatic carbocycles. The van der Waals surface area contributed by atoms with E-state index < -0.39 is 12.2 Å². The van der Waals surface area contributed by atoms with Crippen molar-refractivity contribution in [3.63, 3.8) is 0 Å². The molecule has 2 fully saturated rings. The molecule has 2 saturated heterocycles. The first kappa shape index (κ1) is 10.2. The van der Waals surface area contributed by atoms with Gasteiger partial charge in [0.15, 0.2) is 0 Å². The van der Waals surface area contributed by atoms with Crippen LogP contribution in [0.1, 0.15) is 0 Å². The van der Waals surface area contributed by atoms with E-state index >= 15 is 0 Å². The molecule has 0 aromatic heterocycles. The van der Waals surface area contributed by atoms with Gasteiger partial charge in [-0.15, -0.1) is 0 Å². The van der Waals surface area contributed by atoms with Gasteiger partial charge in [-0.2, -0.15) is 0 Å². The van der Waals surface area contributed by atoms with Crippen molar-refractivity contribution >= 4 is 12.0 Å². The minimum Gasteiger partial charge on any atom is -0.433 e. The number of nitrogens with two attached hydrogens (primary N) is 1. The molecule has 0 radical (unpaired) electrons. The normalized spacial score (nSPS) is 26.7. The largest absolute Gasteiger partial charge is 0.433 e. The van der Waals surface area contributed by atoms with Gasteiger partial charge in [0.1, 0.15) is 0 Å². The summed E-state index contributed by atoms with van der Waals surface area (Å²) in [6.45, 7) is 2.99. The number of amides is 2. The second-order valence-electron chi connectivity index (χ2n) is 3.60. The topological polar surface area (TPSA) is 87.9 Å². The number of carbonyl (C=O) groups is 2. The molecule has 15 heavy (non-hydrogen) atoms. The number of cyclic esters (lactones) is 1. The molecule has 0 spiro atoms. The maximum atomic E-state index is 11.8. The van der Waals surface area contributed by atoms with Crippen LogP contribution in [0, 0.1) is 0 Å². The second kappa shape index (κ2) is 4.03.